The van der Waals surface area contributed by atoms with E-state index in [2.05, 4.69) is 5.32 Å². The Bertz CT molecular complexity index is 1180. The molecule has 2 saturated heterocycles. The second kappa shape index (κ2) is 11.2. The van der Waals surface area contributed by atoms with E-state index in [1.54, 1.807) is 35.2 Å². The highest BCUT2D eigenvalue weighted by molar-refractivity contribution is 7.89. The molecule has 2 aromatic carbocycles. The monoisotopic (exact) mass is 527 g/mol. The molecule has 4 rings (SSSR count). The summed E-state index contributed by atoms with van der Waals surface area (Å²) in [7, 11) is -3.79. The number of benzene rings is 2. The van der Waals surface area contributed by atoms with Crippen LogP contribution in [-0.4, -0.2) is 61.4 Å². The molecule has 0 radical (unpaired) electrons. The van der Waals surface area contributed by atoms with Gasteiger partial charge in [-0.25, -0.2) is 13.2 Å². The number of nitrogens with zero attached hydrogens (tertiary/aromatic N) is 2. The minimum Gasteiger partial charge on any atom is -0.444 e. The van der Waals surface area contributed by atoms with Crippen LogP contribution in [-0.2, 0) is 19.6 Å². The summed E-state index contributed by atoms with van der Waals surface area (Å²) in [5, 5.41) is 3.03. The number of piperidine rings is 1. The van der Waals surface area contributed by atoms with E-state index in [9.17, 15) is 18.0 Å². The van der Waals surface area contributed by atoms with Crippen molar-refractivity contribution in [2.45, 2.75) is 56.6 Å². The first-order valence-electron chi connectivity index (χ1n) is 12.9. The fourth-order valence-corrected chi connectivity index (χ4v) is 6.75. The summed E-state index contributed by atoms with van der Waals surface area (Å²) in [6.45, 7) is 7.22. The van der Waals surface area contributed by atoms with E-state index < -0.39 is 21.5 Å². The Kier molecular flexibility index (Phi) is 8.23. The van der Waals surface area contributed by atoms with Crippen molar-refractivity contribution in [1.82, 2.24) is 14.5 Å². The fourth-order valence-electron chi connectivity index (χ4n) is 5.04. The van der Waals surface area contributed by atoms with Gasteiger partial charge in [0.25, 0.3) is 0 Å². The highest BCUT2D eigenvalue weighted by Crippen LogP contribution is 2.37. The van der Waals surface area contributed by atoms with Crippen molar-refractivity contribution in [2.24, 2.45) is 11.8 Å². The maximum Gasteiger partial charge on any atom is 0.410 e. The molecule has 2 aliphatic heterocycles. The maximum atomic E-state index is 13.6. The molecule has 0 unspecified atom stereocenters. The first-order chi connectivity index (χ1) is 17.5. The lowest BCUT2D eigenvalue weighted by atomic mass is 9.90. The Morgan fingerprint density at radius 2 is 1.59 bits per heavy atom. The van der Waals surface area contributed by atoms with Crippen LogP contribution in [0.5, 0.6) is 0 Å². The van der Waals surface area contributed by atoms with Gasteiger partial charge in [-0.05, 0) is 63.6 Å². The van der Waals surface area contributed by atoms with Gasteiger partial charge in [0.15, 0.2) is 0 Å². The standard InChI is InChI=1S/C28H37N3O5S/c1-28(2,3)36-27(33)30-17-16-21(19-30)18-29-26(32)23-14-15-25(22-10-6-4-7-11-22)31(20-23)37(34,35)24-12-8-5-9-13-24/h4-13,21,23,25H,14-20H2,1-3H3,(H,29,32)/t21-,23+,25+/m0/s1. The van der Waals surface area contributed by atoms with E-state index in [0.717, 1.165) is 12.0 Å². The molecule has 2 amide bonds. The molecule has 1 N–H and O–H groups in total. The number of hydrogen-bond donors (Lipinski definition) is 1. The second-order valence-electron chi connectivity index (χ2n) is 10.9. The number of sulfonamides is 1. The summed E-state index contributed by atoms with van der Waals surface area (Å²) in [5.41, 5.74) is 0.377. The number of rotatable bonds is 6. The van der Waals surface area contributed by atoms with Gasteiger partial charge in [-0.2, -0.15) is 4.31 Å². The van der Waals surface area contributed by atoms with E-state index >= 15 is 0 Å². The molecule has 0 spiro atoms. The van der Waals surface area contributed by atoms with Gasteiger partial charge in [0.1, 0.15) is 5.60 Å². The fraction of sp³-hybridized carbons (Fsp3) is 0.500. The van der Waals surface area contributed by atoms with Gasteiger partial charge in [0.2, 0.25) is 15.9 Å². The molecule has 0 bridgehead atoms. The number of carbonyl (C=O) groups is 2. The van der Waals surface area contributed by atoms with E-state index in [-0.39, 0.29) is 35.4 Å². The third kappa shape index (κ3) is 6.70. The summed E-state index contributed by atoms with van der Waals surface area (Å²) in [6, 6.07) is 17.7. The average Bonchev–Trinajstić information content (AvgIpc) is 3.36. The predicted molar refractivity (Wildman–Crippen MR) is 141 cm³/mol. The van der Waals surface area contributed by atoms with Crippen LogP contribution in [0.4, 0.5) is 4.79 Å². The van der Waals surface area contributed by atoms with Crippen LogP contribution in [0.1, 0.15) is 51.6 Å². The normalized spacial score (nSPS) is 23.0. The minimum absolute atomic E-state index is 0.122. The molecular weight excluding hydrogens is 490 g/mol. The van der Waals surface area contributed by atoms with Crippen LogP contribution in [0.25, 0.3) is 0 Å². The lowest BCUT2D eigenvalue weighted by Gasteiger charge is -2.38. The van der Waals surface area contributed by atoms with Crippen molar-refractivity contribution >= 4 is 22.0 Å². The molecule has 0 aliphatic carbocycles. The largest absolute Gasteiger partial charge is 0.444 e. The molecule has 0 saturated carbocycles. The van der Waals surface area contributed by atoms with Crippen LogP contribution < -0.4 is 5.32 Å². The summed E-state index contributed by atoms with van der Waals surface area (Å²) in [4.78, 5) is 27.4. The van der Waals surface area contributed by atoms with Gasteiger partial charge in [0.05, 0.1) is 16.9 Å². The van der Waals surface area contributed by atoms with Crippen molar-refractivity contribution in [3.05, 3.63) is 66.2 Å². The van der Waals surface area contributed by atoms with Gasteiger partial charge in [-0.15, -0.1) is 0 Å². The van der Waals surface area contributed by atoms with Gasteiger partial charge >= 0.3 is 6.09 Å². The molecule has 37 heavy (non-hydrogen) atoms. The molecule has 0 aromatic heterocycles. The molecule has 9 heteroatoms. The summed E-state index contributed by atoms with van der Waals surface area (Å²) >= 11 is 0. The minimum atomic E-state index is -3.79. The van der Waals surface area contributed by atoms with Gasteiger partial charge in [-0.3, -0.25) is 4.79 Å². The molecule has 2 heterocycles. The Morgan fingerprint density at radius 1 is 0.946 bits per heavy atom. The highest BCUT2D eigenvalue weighted by Gasteiger charge is 2.40. The first-order valence-corrected chi connectivity index (χ1v) is 14.4. The van der Waals surface area contributed by atoms with Crippen molar-refractivity contribution in [3.63, 3.8) is 0 Å². The number of ether oxygens (including phenoxy) is 1. The van der Waals surface area contributed by atoms with Crippen LogP contribution in [0.15, 0.2) is 65.6 Å². The second-order valence-corrected chi connectivity index (χ2v) is 12.8. The lowest BCUT2D eigenvalue weighted by Crippen LogP contribution is -2.47. The smallest absolute Gasteiger partial charge is 0.410 e. The van der Waals surface area contributed by atoms with Crippen molar-refractivity contribution in [2.75, 3.05) is 26.2 Å². The average molecular weight is 528 g/mol. The number of nitrogens with one attached hydrogen (secondary N) is 1. The molecule has 8 nitrogen and oxygen atoms in total. The number of hydrogen-bond acceptors (Lipinski definition) is 5. The van der Waals surface area contributed by atoms with Gasteiger partial charge in [0, 0.05) is 26.2 Å². The SMILES string of the molecule is CC(C)(C)OC(=O)N1CC[C@@H](CNC(=O)[C@@H]2CC[C@H](c3ccccc3)N(S(=O)(=O)c3ccccc3)C2)C1. The number of likely N-dealkylation sites (tertiary alicyclic amines) is 1. The Hall–Kier alpha value is -2.91. The van der Waals surface area contributed by atoms with E-state index in [1.165, 1.54) is 4.31 Å². The van der Waals surface area contributed by atoms with Crippen molar-refractivity contribution in [3.8, 4) is 0 Å². The highest BCUT2D eigenvalue weighted by atomic mass is 32.2. The molecule has 200 valence electrons. The van der Waals surface area contributed by atoms with Crippen LogP contribution >= 0.6 is 0 Å². The van der Waals surface area contributed by atoms with Crippen LogP contribution in [0, 0.1) is 11.8 Å². The zero-order valence-corrected chi connectivity index (χ0v) is 22.6. The van der Waals surface area contributed by atoms with Gasteiger partial charge < -0.3 is 15.0 Å². The Balaban J connectivity index is 1.41. The van der Waals surface area contributed by atoms with E-state index in [4.69, 9.17) is 4.74 Å². The summed E-state index contributed by atoms with van der Waals surface area (Å²) in [5.74, 6) is -0.446. The topological polar surface area (TPSA) is 96.0 Å². The van der Waals surface area contributed by atoms with Crippen LogP contribution in [0.2, 0.25) is 0 Å². The van der Waals surface area contributed by atoms with Crippen LogP contribution in [0.3, 0.4) is 0 Å². The molecule has 2 fully saturated rings. The Labute approximate surface area is 220 Å². The van der Waals surface area contributed by atoms with Crippen molar-refractivity contribution < 1.29 is 22.7 Å². The maximum absolute atomic E-state index is 13.6. The first kappa shape index (κ1) is 27.1. The third-order valence-corrected chi connectivity index (χ3v) is 8.83. The van der Waals surface area contributed by atoms with Crippen molar-refractivity contribution in [1.29, 1.82) is 0 Å². The molecule has 3 atom stereocenters. The molecule has 2 aliphatic rings. The van der Waals surface area contributed by atoms with E-state index in [0.29, 0.717) is 32.5 Å². The number of carbonyl (C=O) groups excluding carboxylic acids is 2. The Morgan fingerprint density at radius 3 is 2.24 bits per heavy atom. The van der Waals surface area contributed by atoms with E-state index in [1.807, 2.05) is 51.1 Å². The summed E-state index contributed by atoms with van der Waals surface area (Å²) < 4.78 is 34.2. The molecular formula is C28H37N3O5S. The lowest BCUT2D eigenvalue weighted by molar-refractivity contribution is -0.126. The zero-order valence-electron chi connectivity index (χ0n) is 21.8. The summed E-state index contributed by atoms with van der Waals surface area (Å²) in [6.07, 6.45) is 1.61. The van der Waals surface area contributed by atoms with Gasteiger partial charge in [-0.1, -0.05) is 48.5 Å². The third-order valence-electron chi connectivity index (χ3n) is 6.94. The zero-order chi connectivity index (χ0) is 26.6. The quantitative estimate of drug-likeness (QED) is 0.607. The predicted octanol–water partition coefficient (Wildman–Crippen LogP) is 4.20. The number of amides is 2. The molecule has 2 aromatic rings.